The molecule has 1 heterocycles. The lowest BCUT2D eigenvalue weighted by atomic mass is 10.1. The van der Waals surface area contributed by atoms with Crippen LogP contribution >= 0.6 is 0 Å². The summed E-state index contributed by atoms with van der Waals surface area (Å²) >= 11 is 0. The standard InChI is InChI=1S/C13H20N2O/c1-10-2-3-13(16)12(6-10)9-15-5-4-11(7-14)8-15/h2-3,6,11,16H,4-5,7-9,14H2,1H3. The number of aryl methyl sites for hydroxylation is 1. The number of phenolic OH excluding ortho intramolecular Hbond substituents is 1. The van der Waals surface area contributed by atoms with Crippen molar-refractivity contribution in [1.29, 1.82) is 0 Å². The number of phenols is 1. The van der Waals surface area contributed by atoms with Crippen molar-refractivity contribution in [3.05, 3.63) is 29.3 Å². The van der Waals surface area contributed by atoms with Gasteiger partial charge in [0, 0.05) is 18.7 Å². The summed E-state index contributed by atoms with van der Waals surface area (Å²) in [5, 5.41) is 9.77. The third-order valence-electron chi connectivity index (χ3n) is 3.33. The minimum Gasteiger partial charge on any atom is -0.508 e. The second-order valence-electron chi connectivity index (χ2n) is 4.76. The predicted octanol–water partition coefficient (Wildman–Crippen LogP) is 1.48. The molecular weight excluding hydrogens is 200 g/mol. The maximum Gasteiger partial charge on any atom is 0.120 e. The number of nitrogens with zero attached hydrogens (tertiary/aromatic N) is 1. The molecular formula is C13H20N2O. The molecule has 1 fully saturated rings. The van der Waals surface area contributed by atoms with Crippen LogP contribution in [0.2, 0.25) is 0 Å². The molecule has 1 unspecified atom stereocenters. The second kappa shape index (κ2) is 4.85. The van der Waals surface area contributed by atoms with E-state index < -0.39 is 0 Å². The molecule has 3 N–H and O–H groups in total. The topological polar surface area (TPSA) is 49.5 Å². The molecule has 3 nitrogen and oxygen atoms in total. The summed E-state index contributed by atoms with van der Waals surface area (Å²) in [6, 6.07) is 5.78. The molecule has 0 bridgehead atoms. The zero-order valence-corrected chi connectivity index (χ0v) is 9.82. The molecule has 0 aromatic heterocycles. The molecule has 0 amide bonds. The van der Waals surface area contributed by atoms with Gasteiger partial charge in [-0.25, -0.2) is 0 Å². The van der Waals surface area contributed by atoms with Crippen LogP contribution in [0, 0.1) is 12.8 Å². The van der Waals surface area contributed by atoms with Crippen LogP contribution in [0.1, 0.15) is 17.5 Å². The van der Waals surface area contributed by atoms with Crippen LogP contribution in [0.25, 0.3) is 0 Å². The Balaban J connectivity index is 2.01. The van der Waals surface area contributed by atoms with E-state index >= 15 is 0 Å². The van der Waals surface area contributed by atoms with E-state index in [4.69, 9.17) is 5.73 Å². The number of rotatable bonds is 3. The highest BCUT2D eigenvalue weighted by atomic mass is 16.3. The van der Waals surface area contributed by atoms with Crippen LogP contribution in [0.5, 0.6) is 5.75 Å². The molecule has 0 radical (unpaired) electrons. The van der Waals surface area contributed by atoms with E-state index in [1.807, 2.05) is 6.07 Å². The Bertz CT molecular complexity index is 365. The van der Waals surface area contributed by atoms with E-state index in [-0.39, 0.29) is 0 Å². The summed E-state index contributed by atoms with van der Waals surface area (Å²) in [4.78, 5) is 2.37. The van der Waals surface area contributed by atoms with Gasteiger partial charge in [0.2, 0.25) is 0 Å². The minimum absolute atomic E-state index is 0.404. The highest BCUT2D eigenvalue weighted by Crippen LogP contribution is 2.23. The van der Waals surface area contributed by atoms with Crippen molar-refractivity contribution in [3.63, 3.8) is 0 Å². The Morgan fingerprint density at radius 1 is 1.50 bits per heavy atom. The third kappa shape index (κ3) is 2.54. The van der Waals surface area contributed by atoms with E-state index in [0.717, 1.165) is 31.7 Å². The average Bonchev–Trinajstić information content (AvgIpc) is 2.71. The molecule has 1 saturated heterocycles. The van der Waals surface area contributed by atoms with Crippen LogP contribution in [-0.2, 0) is 6.54 Å². The summed E-state index contributed by atoms with van der Waals surface area (Å²) in [6.45, 7) is 5.81. The molecule has 0 saturated carbocycles. The Morgan fingerprint density at radius 3 is 3.00 bits per heavy atom. The van der Waals surface area contributed by atoms with Gasteiger partial charge in [0.1, 0.15) is 5.75 Å². The number of benzene rings is 1. The van der Waals surface area contributed by atoms with Crippen LogP contribution in [0.15, 0.2) is 18.2 Å². The fraction of sp³-hybridized carbons (Fsp3) is 0.538. The van der Waals surface area contributed by atoms with Gasteiger partial charge in [-0.05, 0) is 38.4 Å². The predicted molar refractivity (Wildman–Crippen MR) is 65.3 cm³/mol. The van der Waals surface area contributed by atoms with Crippen molar-refractivity contribution in [1.82, 2.24) is 4.90 Å². The monoisotopic (exact) mass is 220 g/mol. The first-order valence-electron chi connectivity index (χ1n) is 5.90. The third-order valence-corrected chi connectivity index (χ3v) is 3.33. The molecule has 16 heavy (non-hydrogen) atoms. The lowest BCUT2D eigenvalue weighted by Gasteiger charge is -2.16. The Morgan fingerprint density at radius 2 is 2.31 bits per heavy atom. The Hall–Kier alpha value is -1.06. The van der Waals surface area contributed by atoms with E-state index in [9.17, 15) is 5.11 Å². The summed E-state index contributed by atoms with van der Waals surface area (Å²) in [5.74, 6) is 1.04. The van der Waals surface area contributed by atoms with Crippen molar-refractivity contribution >= 4 is 0 Å². The molecule has 3 heteroatoms. The van der Waals surface area contributed by atoms with Gasteiger partial charge in [0.25, 0.3) is 0 Å². The van der Waals surface area contributed by atoms with Crippen molar-refractivity contribution in [3.8, 4) is 5.75 Å². The van der Waals surface area contributed by atoms with Gasteiger partial charge >= 0.3 is 0 Å². The fourth-order valence-corrected chi connectivity index (χ4v) is 2.33. The molecule has 88 valence electrons. The fourth-order valence-electron chi connectivity index (χ4n) is 2.33. The molecule has 0 aliphatic carbocycles. The lowest BCUT2D eigenvalue weighted by molar-refractivity contribution is 0.311. The van der Waals surface area contributed by atoms with Crippen molar-refractivity contribution in [2.45, 2.75) is 19.9 Å². The molecule has 1 aromatic carbocycles. The smallest absolute Gasteiger partial charge is 0.120 e. The van der Waals surface area contributed by atoms with Gasteiger partial charge in [0.15, 0.2) is 0 Å². The average molecular weight is 220 g/mol. The molecule has 1 atom stereocenters. The van der Waals surface area contributed by atoms with Crippen LogP contribution in [0.3, 0.4) is 0 Å². The molecule has 1 aromatic rings. The minimum atomic E-state index is 0.404. The first-order valence-corrected chi connectivity index (χ1v) is 5.90. The van der Waals surface area contributed by atoms with Gasteiger partial charge in [-0.2, -0.15) is 0 Å². The number of hydrogen-bond acceptors (Lipinski definition) is 3. The van der Waals surface area contributed by atoms with Crippen molar-refractivity contribution < 1.29 is 5.11 Å². The number of aromatic hydroxyl groups is 1. The van der Waals surface area contributed by atoms with Crippen LogP contribution in [0.4, 0.5) is 0 Å². The maximum atomic E-state index is 9.77. The largest absolute Gasteiger partial charge is 0.508 e. The van der Waals surface area contributed by atoms with Crippen LogP contribution < -0.4 is 5.73 Å². The van der Waals surface area contributed by atoms with Gasteiger partial charge < -0.3 is 10.8 Å². The normalized spacial score (nSPS) is 21.5. The SMILES string of the molecule is Cc1ccc(O)c(CN2CCC(CN)C2)c1. The molecule has 1 aliphatic heterocycles. The van der Waals surface area contributed by atoms with Gasteiger partial charge in [-0.15, -0.1) is 0 Å². The highest BCUT2D eigenvalue weighted by Gasteiger charge is 2.21. The first-order chi connectivity index (χ1) is 7.69. The van der Waals surface area contributed by atoms with E-state index in [2.05, 4.69) is 17.9 Å². The van der Waals surface area contributed by atoms with Gasteiger partial charge in [0.05, 0.1) is 0 Å². The number of likely N-dealkylation sites (tertiary alicyclic amines) is 1. The summed E-state index contributed by atoms with van der Waals surface area (Å²) in [7, 11) is 0. The summed E-state index contributed by atoms with van der Waals surface area (Å²) < 4.78 is 0. The Kier molecular flexibility index (Phi) is 3.46. The zero-order chi connectivity index (χ0) is 11.5. The molecule has 2 rings (SSSR count). The Labute approximate surface area is 96.9 Å². The van der Waals surface area contributed by atoms with Crippen LogP contribution in [-0.4, -0.2) is 29.6 Å². The lowest BCUT2D eigenvalue weighted by Crippen LogP contribution is -2.22. The van der Waals surface area contributed by atoms with Crippen molar-refractivity contribution in [2.75, 3.05) is 19.6 Å². The maximum absolute atomic E-state index is 9.77. The molecule has 1 aliphatic rings. The van der Waals surface area contributed by atoms with E-state index in [1.54, 1.807) is 6.07 Å². The van der Waals surface area contributed by atoms with Gasteiger partial charge in [-0.3, -0.25) is 4.90 Å². The van der Waals surface area contributed by atoms with Gasteiger partial charge in [-0.1, -0.05) is 17.7 Å². The first kappa shape index (κ1) is 11.4. The van der Waals surface area contributed by atoms with E-state index in [0.29, 0.717) is 11.7 Å². The summed E-state index contributed by atoms with van der Waals surface area (Å²) in [5.41, 5.74) is 7.89. The second-order valence-corrected chi connectivity index (χ2v) is 4.76. The zero-order valence-electron chi connectivity index (χ0n) is 9.82. The number of nitrogens with two attached hydrogens (primary N) is 1. The molecule has 0 spiro atoms. The number of hydrogen-bond donors (Lipinski definition) is 2. The quantitative estimate of drug-likeness (QED) is 0.811. The van der Waals surface area contributed by atoms with E-state index in [1.165, 1.54) is 12.0 Å². The summed E-state index contributed by atoms with van der Waals surface area (Å²) in [6.07, 6.45) is 1.18. The van der Waals surface area contributed by atoms with Crippen molar-refractivity contribution in [2.24, 2.45) is 11.7 Å². The highest BCUT2D eigenvalue weighted by molar-refractivity contribution is 5.35.